The van der Waals surface area contributed by atoms with Gasteiger partial charge in [0.05, 0.1) is 42.1 Å². The number of phenols is 2. The Labute approximate surface area is 223 Å². The Balaban J connectivity index is 1.69. The van der Waals surface area contributed by atoms with Gasteiger partial charge in [0.15, 0.2) is 11.6 Å². The van der Waals surface area contributed by atoms with Crippen molar-refractivity contribution in [1.82, 2.24) is 0 Å². The van der Waals surface area contributed by atoms with Crippen LogP contribution in [-0.2, 0) is 16.0 Å². The van der Waals surface area contributed by atoms with E-state index < -0.39 is 89.4 Å². The molecule has 0 heterocycles. The van der Waals surface area contributed by atoms with Gasteiger partial charge in [-0.15, -0.1) is 0 Å². The van der Waals surface area contributed by atoms with Crippen molar-refractivity contribution in [1.29, 1.82) is 0 Å². The van der Waals surface area contributed by atoms with Crippen LogP contribution in [0.15, 0.2) is 18.2 Å². The lowest BCUT2D eigenvalue weighted by atomic mass is 9.71. The molecule has 5 rings (SSSR count). The summed E-state index contributed by atoms with van der Waals surface area (Å²) in [5.41, 5.74) is 2.76. The minimum Gasteiger partial charge on any atom is -0.507 e. The zero-order valence-electron chi connectivity index (χ0n) is 21.5. The van der Waals surface area contributed by atoms with E-state index in [1.807, 2.05) is 0 Å². The predicted molar refractivity (Wildman–Crippen MR) is 135 cm³/mol. The fraction of sp³-hybridized carbons (Fsp3) is 0.464. The first kappa shape index (κ1) is 27.2. The fourth-order valence-electron chi connectivity index (χ4n) is 6.25. The largest absolute Gasteiger partial charge is 0.507 e. The van der Waals surface area contributed by atoms with Crippen LogP contribution in [0.3, 0.4) is 0 Å². The summed E-state index contributed by atoms with van der Waals surface area (Å²) in [6.07, 6.45) is -2.82. The van der Waals surface area contributed by atoms with Crippen LogP contribution in [0.25, 0.3) is 0 Å². The second-order valence-corrected chi connectivity index (χ2v) is 10.7. The third-order valence-corrected chi connectivity index (χ3v) is 8.29. The average Bonchev–Trinajstić information content (AvgIpc) is 2.90. The minimum absolute atomic E-state index is 0.0319. The number of benzene rings is 2. The molecule has 208 valence electrons. The van der Waals surface area contributed by atoms with Gasteiger partial charge < -0.3 is 40.7 Å². The molecular formula is C28H31NO10. The molecule has 1 fully saturated rings. The minimum atomic E-state index is -2.19. The molecule has 11 nitrogen and oxygen atoms in total. The Kier molecular flexibility index (Phi) is 6.76. The van der Waals surface area contributed by atoms with E-state index >= 15 is 0 Å². The summed E-state index contributed by atoms with van der Waals surface area (Å²) in [5.74, 6) is -3.79. The van der Waals surface area contributed by atoms with Crippen LogP contribution in [0, 0.1) is 5.92 Å². The maximum atomic E-state index is 13.7. The molecule has 3 aliphatic carbocycles. The highest BCUT2D eigenvalue weighted by Gasteiger charge is 2.50. The molecule has 1 unspecified atom stereocenters. The van der Waals surface area contributed by atoms with Crippen molar-refractivity contribution in [3.63, 3.8) is 0 Å². The van der Waals surface area contributed by atoms with E-state index in [9.17, 15) is 39.9 Å². The zero-order valence-corrected chi connectivity index (χ0v) is 21.5. The van der Waals surface area contributed by atoms with Crippen LogP contribution in [0.4, 0.5) is 0 Å². The molecule has 39 heavy (non-hydrogen) atoms. The maximum absolute atomic E-state index is 13.7. The summed E-state index contributed by atoms with van der Waals surface area (Å²) in [5, 5.41) is 54.0. The van der Waals surface area contributed by atoms with Crippen molar-refractivity contribution < 1.29 is 49.4 Å². The number of aliphatic hydroxyl groups excluding tert-OH is 2. The summed E-state index contributed by atoms with van der Waals surface area (Å²) in [4.78, 5) is 39.8. The molecule has 0 spiro atoms. The number of Topliss-reactive ketones (excluding diaryl/α,β-unsaturated/α-hetero) is 1. The van der Waals surface area contributed by atoms with E-state index in [2.05, 4.69) is 0 Å². The zero-order chi connectivity index (χ0) is 28.4. The van der Waals surface area contributed by atoms with E-state index in [0.29, 0.717) is 6.42 Å². The number of aromatic hydroxyl groups is 2. The number of nitrogens with two attached hydrogens (primary N) is 1. The Morgan fingerprint density at radius 1 is 1.10 bits per heavy atom. The highest BCUT2D eigenvalue weighted by Crippen LogP contribution is 2.52. The number of carbonyl (C=O) groups is 3. The molecule has 0 saturated heterocycles. The predicted octanol–water partition coefficient (Wildman–Crippen LogP) is 0.665. The highest BCUT2D eigenvalue weighted by molar-refractivity contribution is 6.31. The van der Waals surface area contributed by atoms with Gasteiger partial charge in [0.25, 0.3) is 0 Å². The standard InChI is InChI=1S/C28H31NO10/c1-11-6-12(7-15(29)23(11)32)39-17-9-28(37,18(31)10-30)8-14-20(17)27(36)22-21(25(14)34)24(33)13-4-3-5-16(38-2)19(13)26(22)35/h3-5,11-12,15,17,23,30,32,34,36-37H,6-10,29H2,1-2H3/t11?,12-,15-,17+,23-,28+/m1/s1. The van der Waals surface area contributed by atoms with E-state index in [1.165, 1.54) is 25.3 Å². The number of ketones is 3. The first-order valence-electron chi connectivity index (χ1n) is 12.8. The smallest absolute Gasteiger partial charge is 0.202 e. The molecular weight excluding hydrogens is 510 g/mol. The molecule has 1 saturated carbocycles. The number of fused-ring (bicyclic) bond motifs is 3. The Hall–Kier alpha value is -3.35. The lowest BCUT2D eigenvalue weighted by Crippen LogP contribution is -2.50. The van der Waals surface area contributed by atoms with Gasteiger partial charge in [0.2, 0.25) is 5.78 Å². The summed E-state index contributed by atoms with van der Waals surface area (Å²) in [6, 6.07) is 3.81. The molecule has 0 radical (unpaired) electrons. The van der Waals surface area contributed by atoms with Gasteiger partial charge in [0.1, 0.15) is 29.5 Å². The third-order valence-electron chi connectivity index (χ3n) is 8.29. The molecule has 3 aliphatic rings. The second kappa shape index (κ2) is 9.68. The number of hydrogen-bond acceptors (Lipinski definition) is 11. The normalized spacial score (nSPS) is 29.8. The van der Waals surface area contributed by atoms with Crippen LogP contribution in [-0.4, -0.2) is 80.4 Å². The topological polar surface area (TPSA) is 197 Å². The number of hydrogen-bond donors (Lipinski definition) is 6. The highest BCUT2D eigenvalue weighted by atomic mass is 16.5. The lowest BCUT2D eigenvalue weighted by Gasteiger charge is -2.42. The second-order valence-electron chi connectivity index (χ2n) is 10.7. The summed E-state index contributed by atoms with van der Waals surface area (Å²) in [7, 11) is 1.34. The Bertz CT molecular complexity index is 1380. The van der Waals surface area contributed by atoms with Crippen molar-refractivity contribution in [3.8, 4) is 17.2 Å². The number of carbonyl (C=O) groups excluding carboxylic acids is 3. The number of ether oxygens (including phenoxy) is 2. The molecule has 0 amide bonds. The van der Waals surface area contributed by atoms with Gasteiger partial charge in [-0.2, -0.15) is 0 Å². The van der Waals surface area contributed by atoms with E-state index in [4.69, 9.17) is 15.2 Å². The molecule has 0 aromatic heterocycles. The Morgan fingerprint density at radius 2 is 1.79 bits per heavy atom. The molecule has 2 aromatic carbocycles. The van der Waals surface area contributed by atoms with Crippen molar-refractivity contribution in [3.05, 3.63) is 51.6 Å². The SMILES string of the molecule is COc1cccc2c1C(=O)c1c(O)c3c(c(O)c1C2=O)C[C@@](O)(C(=O)CO)C[C@@H]3O[C@@H]1CC(C)[C@@H](O)[C@H](N)C1. The van der Waals surface area contributed by atoms with Gasteiger partial charge in [-0.3, -0.25) is 14.4 Å². The molecule has 0 bridgehead atoms. The van der Waals surface area contributed by atoms with Gasteiger partial charge >= 0.3 is 0 Å². The van der Waals surface area contributed by atoms with E-state index in [-0.39, 0.29) is 40.3 Å². The Morgan fingerprint density at radius 3 is 2.44 bits per heavy atom. The van der Waals surface area contributed by atoms with Crippen LogP contribution >= 0.6 is 0 Å². The average molecular weight is 542 g/mol. The summed E-state index contributed by atoms with van der Waals surface area (Å²) >= 11 is 0. The molecule has 7 N–H and O–H groups in total. The van der Waals surface area contributed by atoms with E-state index in [1.54, 1.807) is 6.92 Å². The number of phenolic OH excluding ortho intramolecular Hbond substituents is 2. The summed E-state index contributed by atoms with van der Waals surface area (Å²) < 4.78 is 11.5. The first-order chi connectivity index (χ1) is 18.4. The van der Waals surface area contributed by atoms with Crippen LogP contribution in [0.1, 0.15) is 75.3 Å². The van der Waals surface area contributed by atoms with Gasteiger partial charge in [-0.1, -0.05) is 19.1 Å². The monoisotopic (exact) mass is 541 g/mol. The quantitative estimate of drug-likeness (QED) is 0.248. The van der Waals surface area contributed by atoms with Crippen LogP contribution in [0.2, 0.25) is 0 Å². The van der Waals surface area contributed by atoms with Crippen LogP contribution < -0.4 is 10.5 Å². The molecule has 11 heteroatoms. The number of methoxy groups -OCH3 is 1. The van der Waals surface area contributed by atoms with Crippen molar-refractivity contribution >= 4 is 17.3 Å². The van der Waals surface area contributed by atoms with Gasteiger partial charge in [-0.25, -0.2) is 0 Å². The number of rotatable bonds is 5. The number of aliphatic hydroxyl groups is 3. The van der Waals surface area contributed by atoms with E-state index in [0.717, 1.165) is 0 Å². The molecule has 2 aromatic rings. The van der Waals surface area contributed by atoms with Crippen molar-refractivity contribution in [2.75, 3.05) is 13.7 Å². The third kappa shape index (κ3) is 4.12. The lowest BCUT2D eigenvalue weighted by molar-refractivity contribution is -0.151. The summed E-state index contributed by atoms with van der Waals surface area (Å²) in [6.45, 7) is 0.813. The fourth-order valence-corrected chi connectivity index (χ4v) is 6.25. The van der Waals surface area contributed by atoms with Crippen LogP contribution in [0.5, 0.6) is 17.2 Å². The first-order valence-corrected chi connectivity index (χ1v) is 12.8. The molecule has 6 atom stereocenters. The van der Waals surface area contributed by atoms with Crippen molar-refractivity contribution in [2.24, 2.45) is 11.7 Å². The van der Waals surface area contributed by atoms with Crippen molar-refractivity contribution in [2.45, 2.75) is 62.6 Å². The maximum Gasteiger partial charge on any atom is 0.202 e. The van der Waals surface area contributed by atoms with Gasteiger partial charge in [0, 0.05) is 35.6 Å². The van der Waals surface area contributed by atoms with Gasteiger partial charge in [-0.05, 0) is 24.8 Å². The molecule has 0 aliphatic heterocycles.